The Labute approximate surface area is 91.2 Å². The Morgan fingerprint density at radius 3 is 2.88 bits per heavy atom. The van der Waals surface area contributed by atoms with Crippen molar-refractivity contribution in [3.8, 4) is 0 Å². The van der Waals surface area contributed by atoms with Gasteiger partial charge in [0, 0.05) is 11.5 Å². The number of benzene rings is 1. The van der Waals surface area contributed by atoms with Crippen molar-refractivity contribution in [2.24, 2.45) is 0 Å². The Balaban J connectivity index is 1.95. The molecule has 0 fully saturated rings. The number of para-hydroxylation sites is 1. The van der Waals surface area contributed by atoms with Gasteiger partial charge in [-0.15, -0.1) is 10.2 Å². The fourth-order valence-electron chi connectivity index (χ4n) is 1.49. The number of hydrogen-bond donors (Lipinski definition) is 0. The molecular formula is C12H8N2O2. The van der Waals surface area contributed by atoms with Crippen LogP contribution in [0, 0.1) is 0 Å². The molecule has 0 aliphatic carbocycles. The van der Waals surface area contributed by atoms with Crippen molar-refractivity contribution < 1.29 is 8.83 Å². The number of nitrogens with zero attached hydrogens (tertiary/aromatic N) is 2. The SMILES string of the molecule is C(=C\c1nnco1)/c1cc2ccccc2o1. The van der Waals surface area contributed by atoms with Gasteiger partial charge in [0.05, 0.1) is 0 Å². The molecule has 0 unspecified atom stereocenters. The van der Waals surface area contributed by atoms with E-state index in [0.717, 1.165) is 16.7 Å². The second-order valence-corrected chi connectivity index (χ2v) is 3.30. The largest absolute Gasteiger partial charge is 0.457 e. The maximum atomic E-state index is 5.59. The summed E-state index contributed by atoms with van der Waals surface area (Å²) in [6, 6.07) is 9.81. The van der Waals surface area contributed by atoms with E-state index >= 15 is 0 Å². The average molecular weight is 212 g/mol. The molecule has 0 N–H and O–H groups in total. The van der Waals surface area contributed by atoms with Crippen LogP contribution < -0.4 is 0 Å². The summed E-state index contributed by atoms with van der Waals surface area (Å²) in [4.78, 5) is 0. The molecule has 2 heterocycles. The lowest BCUT2D eigenvalue weighted by Crippen LogP contribution is -1.69. The van der Waals surface area contributed by atoms with Crippen LogP contribution in [0.2, 0.25) is 0 Å². The Morgan fingerprint density at radius 2 is 2.06 bits per heavy atom. The minimum absolute atomic E-state index is 0.459. The summed E-state index contributed by atoms with van der Waals surface area (Å²) in [5.74, 6) is 1.22. The number of hydrogen-bond acceptors (Lipinski definition) is 4. The Kier molecular flexibility index (Phi) is 2.04. The van der Waals surface area contributed by atoms with Crippen molar-refractivity contribution >= 4 is 23.1 Å². The van der Waals surface area contributed by atoms with Gasteiger partial charge in [0.2, 0.25) is 12.3 Å². The molecule has 0 atom stereocenters. The van der Waals surface area contributed by atoms with Gasteiger partial charge in [0.25, 0.3) is 0 Å². The molecule has 78 valence electrons. The second-order valence-electron chi connectivity index (χ2n) is 3.30. The molecule has 1 aromatic carbocycles. The highest BCUT2D eigenvalue weighted by Crippen LogP contribution is 2.20. The highest BCUT2D eigenvalue weighted by Gasteiger charge is 1.99. The number of rotatable bonds is 2. The van der Waals surface area contributed by atoms with E-state index in [1.54, 1.807) is 12.2 Å². The van der Waals surface area contributed by atoms with E-state index in [0.29, 0.717) is 5.89 Å². The molecule has 0 spiro atoms. The van der Waals surface area contributed by atoms with E-state index in [2.05, 4.69) is 10.2 Å². The summed E-state index contributed by atoms with van der Waals surface area (Å²) in [5, 5.41) is 8.40. The lowest BCUT2D eigenvalue weighted by Gasteiger charge is -1.83. The fraction of sp³-hybridized carbons (Fsp3) is 0. The predicted octanol–water partition coefficient (Wildman–Crippen LogP) is 2.99. The van der Waals surface area contributed by atoms with Crippen LogP contribution in [0.5, 0.6) is 0 Å². The van der Waals surface area contributed by atoms with Gasteiger partial charge in [0.1, 0.15) is 11.3 Å². The van der Waals surface area contributed by atoms with Crippen LogP contribution in [-0.2, 0) is 0 Å². The van der Waals surface area contributed by atoms with Gasteiger partial charge in [0.15, 0.2) is 0 Å². The third kappa shape index (κ3) is 1.61. The molecule has 0 bridgehead atoms. The molecule has 0 saturated heterocycles. The summed E-state index contributed by atoms with van der Waals surface area (Å²) >= 11 is 0. The molecule has 0 radical (unpaired) electrons. The van der Waals surface area contributed by atoms with Crippen molar-refractivity contribution in [2.75, 3.05) is 0 Å². The van der Waals surface area contributed by atoms with Gasteiger partial charge in [-0.2, -0.15) is 0 Å². The minimum Gasteiger partial charge on any atom is -0.457 e. The van der Waals surface area contributed by atoms with Gasteiger partial charge in [-0.25, -0.2) is 0 Å². The first-order valence-electron chi connectivity index (χ1n) is 4.85. The van der Waals surface area contributed by atoms with Crippen molar-refractivity contribution in [2.45, 2.75) is 0 Å². The van der Waals surface area contributed by atoms with Crippen LogP contribution in [0.3, 0.4) is 0 Å². The van der Waals surface area contributed by atoms with Crippen molar-refractivity contribution in [1.82, 2.24) is 10.2 Å². The van der Waals surface area contributed by atoms with Crippen LogP contribution >= 0.6 is 0 Å². The number of fused-ring (bicyclic) bond motifs is 1. The Hall–Kier alpha value is -2.36. The summed E-state index contributed by atoms with van der Waals surface area (Å²) in [6.45, 7) is 0. The highest BCUT2D eigenvalue weighted by molar-refractivity contribution is 5.81. The van der Waals surface area contributed by atoms with Gasteiger partial charge >= 0.3 is 0 Å². The quantitative estimate of drug-likeness (QED) is 0.655. The predicted molar refractivity (Wildman–Crippen MR) is 59.4 cm³/mol. The van der Waals surface area contributed by atoms with Gasteiger partial charge in [-0.3, -0.25) is 0 Å². The zero-order valence-corrected chi connectivity index (χ0v) is 8.33. The molecule has 3 rings (SSSR count). The molecule has 0 saturated carbocycles. The number of aromatic nitrogens is 2. The maximum absolute atomic E-state index is 5.59. The van der Waals surface area contributed by atoms with Gasteiger partial charge < -0.3 is 8.83 Å². The summed E-state index contributed by atoms with van der Waals surface area (Å²) < 4.78 is 10.6. The summed E-state index contributed by atoms with van der Waals surface area (Å²) in [7, 11) is 0. The highest BCUT2D eigenvalue weighted by atomic mass is 16.4. The number of furan rings is 1. The molecule has 4 nitrogen and oxygen atoms in total. The summed E-state index contributed by atoms with van der Waals surface area (Å²) in [6.07, 6.45) is 4.80. The topological polar surface area (TPSA) is 52.1 Å². The average Bonchev–Trinajstić information content (AvgIpc) is 2.95. The molecule has 16 heavy (non-hydrogen) atoms. The normalized spacial score (nSPS) is 11.5. The molecule has 0 aliphatic heterocycles. The molecule has 0 aliphatic rings. The third-order valence-corrected chi connectivity index (χ3v) is 2.21. The molecule has 0 amide bonds. The molecule has 2 aromatic heterocycles. The van der Waals surface area contributed by atoms with Crippen LogP contribution in [0.25, 0.3) is 23.1 Å². The van der Waals surface area contributed by atoms with E-state index in [-0.39, 0.29) is 0 Å². The van der Waals surface area contributed by atoms with Crippen LogP contribution in [0.1, 0.15) is 11.7 Å². The first-order valence-corrected chi connectivity index (χ1v) is 4.85. The van der Waals surface area contributed by atoms with Crippen molar-refractivity contribution in [1.29, 1.82) is 0 Å². The molecular weight excluding hydrogens is 204 g/mol. The zero-order chi connectivity index (χ0) is 10.8. The fourth-order valence-corrected chi connectivity index (χ4v) is 1.49. The van der Waals surface area contributed by atoms with Crippen LogP contribution in [0.15, 0.2) is 45.6 Å². The lowest BCUT2D eigenvalue weighted by molar-refractivity contribution is 0.542. The monoisotopic (exact) mass is 212 g/mol. The lowest BCUT2D eigenvalue weighted by atomic mass is 10.2. The smallest absolute Gasteiger partial charge is 0.240 e. The van der Waals surface area contributed by atoms with E-state index in [9.17, 15) is 0 Å². The first-order chi connectivity index (χ1) is 7.92. The maximum Gasteiger partial charge on any atom is 0.240 e. The van der Waals surface area contributed by atoms with Crippen molar-refractivity contribution in [3.63, 3.8) is 0 Å². The van der Waals surface area contributed by atoms with E-state index < -0.39 is 0 Å². The zero-order valence-electron chi connectivity index (χ0n) is 8.33. The van der Waals surface area contributed by atoms with Crippen molar-refractivity contribution in [3.05, 3.63) is 48.4 Å². The molecule has 4 heteroatoms. The van der Waals surface area contributed by atoms with E-state index in [4.69, 9.17) is 8.83 Å². The van der Waals surface area contributed by atoms with E-state index in [1.165, 1.54) is 6.39 Å². The first kappa shape index (κ1) is 8.91. The van der Waals surface area contributed by atoms with Crippen LogP contribution in [-0.4, -0.2) is 10.2 Å². The standard InChI is InChI=1S/C12H8N2O2/c1-2-4-11-9(3-1)7-10(16-11)5-6-12-14-13-8-15-12/h1-8H/b6-5+. The van der Waals surface area contributed by atoms with Gasteiger partial charge in [-0.05, 0) is 18.2 Å². The van der Waals surface area contributed by atoms with Gasteiger partial charge in [-0.1, -0.05) is 18.2 Å². The van der Waals surface area contributed by atoms with Crippen LogP contribution in [0.4, 0.5) is 0 Å². The minimum atomic E-state index is 0.459. The third-order valence-electron chi connectivity index (χ3n) is 2.21. The second kappa shape index (κ2) is 3.66. The van der Waals surface area contributed by atoms with E-state index in [1.807, 2.05) is 30.3 Å². The Bertz CT molecular complexity index is 590. The molecule has 3 aromatic rings. The Morgan fingerprint density at radius 1 is 1.12 bits per heavy atom. The summed E-state index contributed by atoms with van der Waals surface area (Å²) in [5.41, 5.74) is 0.868.